The Kier molecular flexibility index (Phi) is 7.07. The average Bonchev–Trinajstić information content (AvgIpc) is 2.77. The molecule has 0 aliphatic carbocycles. The predicted octanol–water partition coefficient (Wildman–Crippen LogP) is 5.16. The quantitative estimate of drug-likeness (QED) is 0.545. The van der Waals surface area contributed by atoms with Gasteiger partial charge in [-0.3, -0.25) is 9.59 Å². The van der Waals surface area contributed by atoms with Crippen molar-refractivity contribution in [3.8, 4) is 5.75 Å². The number of anilines is 1. The molecular formula is C25H28N2O3. The van der Waals surface area contributed by atoms with E-state index in [4.69, 9.17) is 4.74 Å². The van der Waals surface area contributed by atoms with Gasteiger partial charge in [0.25, 0.3) is 11.8 Å². The van der Waals surface area contributed by atoms with Crippen molar-refractivity contribution in [3.05, 3.63) is 72.3 Å². The first-order valence-electron chi connectivity index (χ1n) is 10.4. The zero-order chi connectivity index (χ0) is 21.5. The van der Waals surface area contributed by atoms with Crippen molar-refractivity contribution >= 4 is 28.3 Å². The number of para-hydroxylation sites is 1. The normalized spacial score (nSPS) is 12.8. The minimum atomic E-state index is -0.670. The molecule has 2 N–H and O–H groups in total. The van der Waals surface area contributed by atoms with Crippen LogP contribution >= 0.6 is 0 Å². The first kappa shape index (κ1) is 21.4. The second kappa shape index (κ2) is 9.92. The smallest absolute Gasteiger partial charge is 0.265 e. The van der Waals surface area contributed by atoms with Gasteiger partial charge in [-0.15, -0.1) is 0 Å². The zero-order valence-corrected chi connectivity index (χ0v) is 17.6. The highest BCUT2D eigenvalue weighted by atomic mass is 16.5. The standard InChI is InChI=1S/C25H28N2O3/c1-4-17(3)26-24(28)21-12-8-9-13-22(21)27-25(29)23(5-2)30-20-15-14-18-10-6-7-11-19(18)16-20/h6-17,23H,4-5H2,1-3H3,(H,26,28)(H,27,29)/t17-,23+/m0/s1. The minimum absolute atomic E-state index is 0.0564. The Labute approximate surface area is 177 Å². The Morgan fingerprint density at radius 3 is 2.33 bits per heavy atom. The zero-order valence-electron chi connectivity index (χ0n) is 17.6. The third-order valence-corrected chi connectivity index (χ3v) is 5.08. The van der Waals surface area contributed by atoms with Crippen LogP contribution in [0.25, 0.3) is 10.8 Å². The first-order valence-corrected chi connectivity index (χ1v) is 10.4. The highest BCUT2D eigenvalue weighted by Crippen LogP contribution is 2.23. The molecule has 5 heteroatoms. The summed E-state index contributed by atoms with van der Waals surface area (Å²) in [6, 6.07) is 20.8. The maximum atomic E-state index is 12.9. The highest BCUT2D eigenvalue weighted by Gasteiger charge is 2.21. The Balaban J connectivity index is 1.74. The molecule has 0 spiro atoms. The van der Waals surface area contributed by atoms with Gasteiger partial charge in [-0.05, 0) is 54.8 Å². The third-order valence-electron chi connectivity index (χ3n) is 5.08. The van der Waals surface area contributed by atoms with Crippen LogP contribution in [0.4, 0.5) is 5.69 Å². The molecule has 0 aromatic heterocycles. The maximum absolute atomic E-state index is 12.9. The lowest BCUT2D eigenvalue weighted by atomic mass is 10.1. The van der Waals surface area contributed by atoms with E-state index < -0.39 is 6.10 Å². The van der Waals surface area contributed by atoms with Crippen molar-refractivity contribution in [3.63, 3.8) is 0 Å². The summed E-state index contributed by atoms with van der Waals surface area (Å²) in [5, 5.41) is 7.97. The maximum Gasteiger partial charge on any atom is 0.265 e. The summed E-state index contributed by atoms with van der Waals surface area (Å²) in [5.74, 6) is 0.150. The van der Waals surface area contributed by atoms with Gasteiger partial charge < -0.3 is 15.4 Å². The number of rotatable bonds is 8. The van der Waals surface area contributed by atoms with Gasteiger partial charge in [0, 0.05) is 6.04 Å². The topological polar surface area (TPSA) is 67.4 Å². The summed E-state index contributed by atoms with van der Waals surface area (Å²) in [7, 11) is 0. The van der Waals surface area contributed by atoms with Gasteiger partial charge in [-0.25, -0.2) is 0 Å². The number of amides is 2. The van der Waals surface area contributed by atoms with E-state index in [1.54, 1.807) is 24.3 Å². The number of fused-ring (bicyclic) bond motifs is 1. The van der Waals surface area contributed by atoms with Crippen LogP contribution in [0.5, 0.6) is 5.75 Å². The number of nitrogens with one attached hydrogen (secondary N) is 2. The Morgan fingerprint density at radius 1 is 0.900 bits per heavy atom. The van der Waals surface area contributed by atoms with Crippen LogP contribution in [0.15, 0.2) is 66.7 Å². The van der Waals surface area contributed by atoms with E-state index in [0.29, 0.717) is 23.4 Å². The average molecular weight is 405 g/mol. The first-order chi connectivity index (χ1) is 14.5. The second-order valence-corrected chi connectivity index (χ2v) is 7.34. The van der Waals surface area contributed by atoms with Crippen molar-refractivity contribution in [2.45, 2.75) is 45.8 Å². The van der Waals surface area contributed by atoms with Crippen molar-refractivity contribution < 1.29 is 14.3 Å². The number of ether oxygens (including phenoxy) is 1. The molecule has 0 radical (unpaired) electrons. The minimum Gasteiger partial charge on any atom is -0.481 e. The van der Waals surface area contributed by atoms with E-state index in [2.05, 4.69) is 10.6 Å². The van der Waals surface area contributed by atoms with E-state index in [-0.39, 0.29) is 17.9 Å². The molecule has 0 saturated heterocycles. The van der Waals surface area contributed by atoms with Gasteiger partial charge >= 0.3 is 0 Å². The number of benzene rings is 3. The van der Waals surface area contributed by atoms with E-state index in [9.17, 15) is 9.59 Å². The fraction of sp³-hybridized carbons (Fsp3) is 0.280. The summed E-state index contributed by atoms with van der Waals surface area (Å²) in [6.07, 6.45) is 0.661. The fourth-order valence-corrected chi connectivity index (χ4v) is 3.13. The van der Waals surface area contributed by atoms with Gasteiger partial charge in [-0.1, -0.05) is 56.3 Å². The highest BCUT2D eigenvalue weighted by molar-refractivity contribution is 6.04. The summed E-state index contributed by atoms with van der Waals surface area (Å²) >= 11 is 0. The molecule has 0 aliphatic rings. The molecule has 0 heterocycles. The van der Waals surface area contributed by atoms with E-state index in [0.717, 1.165) is 17.2 Å². The molecule has 0 unspecified atom stereocenters. The van der Waals surface area contributed by atoms with Gasteiger partial charge in [0.1, 0.15) is 5.75 Å². The summed E-state index contributed by atoms with van der Waals surface area (Å²) in [6.45, 7) is 5.85. The molecule has 5 nitrogen and oxygen atoms in total. The Morgan fingerprint density at radius 2 is 1.60 bits per heavy atom. The van der Waals surface area contributed by atoms with Crippen molar-refractivity contribution in [1.29, 1.82) is 0 Å². The largest absolute Gasteiger partial charge is 0.481 e. The lowest BCUT2D eigenvalue weighted by Gasteiger charge is -2.19. The van der Waals surface area contributed by atoms with Gasteiger partial charge in [0.2, 0.25) is 0 Å². The molecule has 156 valence electrons. The molecule has 3 aromatic carbocycles. The molecule has 0 aliphatic heterocycles. The van der Waals surface area contributed by atoms with Crippen LogP contribution in [-0.4, -0.2) is 24.0 Å². The van der Waals surface area contributed by atoms with Crippen LogP contribution in [-0.2, 0) is 4.79 Å². The molecule has 0 saturated carbocycles. The van der Waals surface area contributed by atoms with Crippen LogP contribution < -0.4 is 15.4 Å². The molecular weight excluding hydrogens is 376 g/mol. The molecule has 3 rings (SSSR count). The number of hydrogen-bond donors (Lipinski definition) is 2. The van der Waals surface area contributed by atoms with Gasteiger partial charge in [-0.2, -0.15) is 0 Å². The van der Waals surface area contributed by atoms with Crippen molar-refractivity contribution in [1.82, 2.24) is 5.32 Å². The third kappa shape index (κ3) is 5.17. The molecule has 2 amide bonds. The predicted molar refractivity (Wildman–Crippen MR) is 121 cm³/mol. The van der Waals surface area contributed by atoms with Crippen LogP contribution in [0.1, 0.15) is 44.0 Å². The lowest BCUT2D eigenvalue weighted by molar-refractivity contribution is -0.122. The van der Waals surface area contributed by atoms with E-state index in [1.165, 1.54) is 0 Å². The van der Waals surface area contributed by atoms with Gasteiger partial charge in [0.05, 0.1) is 11.3 Å². The van der Waals surface area contributed by atoms with Crippen LogP contribution in [0.2, 0.25) is 0 Å². The summed E-state index contributed by atoms with van der Waals surface area (Å²) in [4.78, 5) is 25.5. The van der Waals surface area contributed by atoms with Crippen LogP contribution in [0, 0.1) is 0 Å². The number of carbonyl (C=O) groups is 2. The van der Waals surface area contributed by atoms with Crippen LogP contribution in [0.3, 0.4) is 0 Å². The monoisotopic (exact) mass is 404 g/mol. The molecule has 3 aromatic rings. The lowest BCUT2D eigenvalue weighted by Crippen LogP contribution is -2.35. The summed E-state index contributed by atoms with van der Waals surface area (Å²) in [5.41, 5.74) is 0.913. The second-order valence-electron chi connectivity index (χ2n) is 7.34. The number of hydrogen-bond acceptors (Lipinski definition) is 3. The fourth-order valence-electron chi connectivity index (χ4n) is 3.13. The van der Waals surface area contributed by atoms with Gasteiger partial charge in [0.15, 0.2) is 6.10 Å². The molecule has 2 atom stereocenters. The Bertz CT molecular complexity index is 1030. The van der Waals surface area contributed by atoms with E-state index >= 15 is 0 Å². The molecule has 30 heavy (non-hydrogen) atoms. The Hall–Kier alpha value is -3.34. The van der Waals surface area contributed by atoms with E-state index in [1.807, 2.05) is 63.2 Å². The SMILES string of the molecule is CC[C@H](C)NC(=O)c1ccccc1NC(=O)[C@@H](CC)Oc1ccc2ccccc2c1. The van der Waals surface area contributed by atoms with Crippen molar-refractivity contribution in [2.75, 3.05) is 5.32 Å². The van der Waals surface area contributed by atoms with Crippen molar-refractivity contribution in [2.24, 2.45) is 0 Å². The molecule has 0 fully saturated rings. The number of carbonyl (C=O) groups excluding carboxylic acids is 2. The summed E-state index contributed by atoms with van der Waals surface area (Å²) < 4.78 is 5.98. The molecule has 0 bridgehead atoms.